The molecule has 0 aliphatic carbocycles. The molecular weight excluding hydrogens is 221 g/mol. The van der Waals surface area contributed by atoms with Gasteiger partial charge < -0.3 is 15.8 Å². The van der Waals surface area contributed by atoms with E-state index in [0.29, 0.717) is 6.61 Å². The fraction of sp³-hybridized carbons (Fsp3) is 0.250. The number of ether oxygens (including phenoxy) is 1. The summed E-state index contributed by atoms with van der Waals surface area (Å²) in [5.74, 6) is -0.710. The molecule has 0 saturated heterocycles. The standard InChI is InChI=1S/C12H14FN3O/c1-8-2-4-9(5-3-8)7-17-12-15-6-10(13)11(14)16-12/h2-6,12,15H,7H2,1H3,(H2,14,16). The number of aliphatic imine (C=N–C) groups is 1. The number of aryl methyl sites for hydroxylation is 1. The van der Waals surface area contributed by atoms with Crippen LogP contribution >= 0.6 is 0 Å². The van der Waals surface area contributed by atoms with Crippen molar-refractivity contribution >= 4 is 5.84 Å². The van der Waals surface area contributed by atoms with Crippen molar-refractivity contribution < 1.29 is 9.13 Å². The van der Waals surface area contributed by atoms with Crippen molar-refractivity contribution in [2.24, 2.45) is 10.7 Å². The van der Waals surface area contributed by atoms with Gasteiger partial charge in [-0.2, -0.15) is 0 Å². The van der Waals surface area contributed by atoms with E-state index in [1.54, 1.807) is 0 Å². The highest BCUT2D eigenvalue weighted by atomic mass is 19.1. The molecule has 90 valence electrons. The molecule has 0 spiro atoms. The van der Waals surface area contributed by atoms with Crippen molar-refractivity contribution in [1.29, 1.82) is 0 Å². The van der Waals surface area contributed by atoms with Crippen LogP contribution in [0.25, 0.3) is 0 Å². The molecule has 4 nitrogen and oxygen atoms in total. The number of hydrogen-bond donors (Lipinski definition) is 2. The second-order valence-electron chi connectivity index (χ2n) is 3.82. The lowest BCUT2D eigenvalue weighted by Gasteiger charge is -2.18. The summed E-state index contributed by atoms with van der Waals surface area (Å²) in [4.78, 5) is 3.81. The van der Waals surface area contributed by atoms with Crippen LogP contribution in [-0.2, 0) is 11.3 Å². The molecule has 1 aromatic carbocycles. The Hall–Kier alpha value is -1.88. The quantitative estimate of drug-likeness (QED) is 0.836. The Labute approximate surface area is 99.0 Å². The lowest BCUT2D eigenvalue weighted by atomic mass is 10.2. The molecule has 1 aliphatic heterocycles. The SMILES string of the molecule is Cc1ccc(COC2N=C(N)C(F)=CN2)cc1. The van der Waals surface area contributed by atoms with Crippen molar-refractivity contribution in [2.45, 2.75) is 19.9 Å². The normalized spacial score (nSPS) is 19.3. The van der Waals surface area contributed by atoms with E-state index in [9.17, 15) is 4.39 Å². The van der Waals surface area contributed by atoms with Crippen LogP contribution in [0.5, 0.6) is 0 Å². The molecule has 0 fully saturated rings. The van der Waals surface area contributed by atoms with Crippen LogP contribution in [0.4, 0.5) is 4.39 Å². The predicted octanol–water partition coefficient (Wildman–Crippen LogP) is 1.57. The number of amidine groups is 1. The minimum atomic E-state index is -0.629. The molecule has 0 saturated carbocycles. The van der Waals surface area contributed by atoms with Gasteiger partial charge in [0.15, 0.2) is 11.7 Å². The number of benzene rings is 1. The van der Waals surface area contributed by atoms with E-state index in [-0.39, 0.29) is 5.84 Å². The molecule has 3 N–H and O–H groups in total. The zero-order valence-corrected chi connectivity index (χ0v) is 9.48. The molecule has 0 amide bonds. The van der Waals surface area contributed by atoms with E-state index >= 15 is 0 Å². The van der Waals surface area contributed by atoms with Gasteiger partial charge in [-0.3, -0.25) is 0 Å². The molecule has 0 aromatic heterocycles. The summed E-state index contributed by atoms with van der Waals surface area (Å²) >= 11 is 0. The van der Waals surface area contributed by atoms with Crippen LogP contribution < -0.4 is 11.1 Å². The number of halogens is 1. The molecule has 1 atom stereocenters. The monoisotopic (exact) mass is 235 g/mol. The third-order valence-electron chi connectivity index (χ3n) is 2.38. The van der Waals surface area contributed by atoms with Gasteiger partial charge in [-0.15, -0.1) is 0 Å². The fourth-order valence-electron chi connectivity index (χ4n) is 1.39. The zero-order valence-electron chi connectivity index (χ0n) is 9.48. The Balaban J connectivity index is 1.90. The maximum atomic E-state index is 12.8. The van der Waals surface area contributed by atoms with Gasteiger partial charge in [0, 0.05) is 6.20 Å². The first kappa shape index (κ1) is 11.6. The van der Waals surface area contributed by atoms with Gasteiger partial charge in [0.2, 0.25) is 6.35 Å². The molecule has 0 radical (unpaired) electrons. The van der Waals surface area contributed by atoms with Gasteiger partial charge in [0.1, 0.15) is 0 Å². The van der Waals surface area contributed by atoms with Gasteiger partial charge in [0.05, 0.1) is 6.61 Å². The van der Waals surface area contributed by atoms with E-state index in [1.165, 1.54) is 5.56 Å². The number of nitrogens with zero attached hydrogens (tertiary/aromatic N) is 1. The highest BCUT2D eigenvalue weighted by Gasteiger charge is 2.14. The Kier molecular flexibility index (Phi) is 3.39. The average molecular weight is 235 g/mol. The van der Waals surface area contributed by atoms with Crippen LogP contribution in [0, 0.1) is 6.92 Å². The number of rotatable bonds is 3. The van der Waals surface area contributed by atoms with Crippen LogP contribution in [0.15, 0.2) is 41.3 Å². The Bertz CT molecular complexity index is 453. The maximum Gasteiger partial charge on any atom is 0.227 e. The van der Waals surface area contributed by atoms with Gasteiger partial charge >= 0.3 is 0 Å². The van der Waals surface area contributed by atoms with E-state index < -0.39 is 12.2 Å². The number of hydrogen-bond acceptors (Lipinski definition) is 4. The fourth-order valence-corrected chi connectivity index (χ4v) is 1.39. The first-order valence-corrected chi connectivity index (χ1v) is 5.27. The zero-order chi connectivity index (χ0) is 12.3. The van der Waals surface area contributed by atoms with E-state index in [0.717, 1.165) is 11.8 Å². The van der Waals surface area contributed by atoms with Gasteiger partial charge in [-0.05, 0) is 12.5 Å². The highest BCUT2D eigenvalue weighted by molar-refractivity contribution is 5.95. The number of nitrogens with one attached hydrogen (secondary N) is 1. The minimum Gasteiger partial charge on any atom is -0.381 e. The molecular formula is C12H14FN3O. The summed E-state index contributed by atoms with van der Waals surface area (Å²) in [6.45, 7) is 2.41. The van der Waals surface area contributed by atoms with Gasteiger partial charge in [-0.1, -0.05) is 29.8 Å². The molecule has 1 aromatic rings. The van der Waals surface area contributed by atoms with Gasteiger partial charge in [-0.25, -0.2) is 9.38 Å². The van der Waals surface area contributed by atoms with Crippen LogP contribution in [0.1, 0.15) is 11.1 Å². The molecule has 1 heterocycles. The Morgan fingerprint density at radius 1 is 1.41 bits per heavy atom. The van der Waals surface area contributed by atoms with E-state index in [1.807, 2.05) is 31.2 Å². The largest absolute Gasteiger partial charge is 0.381 e. The molecule has 0 bridgehead atoms. The van der Waals surface area contributed by atoms with Crippen LogP contribution in [0.2, 0.25) is 0 Å². The number of nitrogens with two attached hydrogens (primary N) is 1. The summed E-state index contributed by atoms with van der Waals surface area (Å²) < 4.78 is 18.3. The summed E-state index contributed by atoms with van der Waals surface area (Å²) in [6, 6.07) is 7.96. The average Bonchev–Trinajstić information content (AvgIpc) is 2.33. The summed E-state index contributed by atoms with van der Waals surface area (Å²) in [5, 5.41) is 2.65. The minimum absolute atomic E-state index is 0.141. The first-order valence-electron chi connectivity index (χ1n) is 5.27. The first-order chi connectivity index (χ1) is 8.15. The molecule has 1 aliphatic rings. The molecule has 5 heteroatoms. The third-order valence-corrected chi connectivity index (χ3v) is 2.38. The second kappa shape index (κ2) is 4.97. The lowest BCUT2D eigenvalue weighted by molar-refractivity contribution is 0.0313. The van der Waals surface area contributed by atoms with E-state index in [2.05, 4.69) is 10.3 Å². The van der Waals surface area contributed by atoms with Crippen molar-refractivity contribution in [1.82, 2.24) is 5.32 Å². The van der Waals surface area contributed by atoms with Crippen molar-refractivity contribution in [3.63, 3.8) is 0 Å². The third kappa shape index (κ3) is 3.04. The summed E-state index contributed by atoms with van der Waals surface area (Å²) in [5.41, 5.74) is 7.56. The lowest BCUT2D eigenvalue weighted by Crippen LogP contribution is -2.33. The Morgan fingerprint density at radius 2 is 2.12 bits per heavy atom. The Morgan fingerprint density at radius 3 is 2.76 bits per heavy atom. The molecule has 17 heavy (non-hydrogen) atoms. The highest BCUT2D eigenvalue weighted by Crippen LogP contribution is 2.09. The van der Waals surface area contributed by atoms with Crippen molar-refractivity contribution in [3.8, 4) is 0 Å². The maximum absolute atomic E-state index is 12.8. The molecule has 2 rings (SSSR count). The van der Waals surface area contributed by atoms with E-state index in [4.69, 9.17) is 10.5 Å². The summed E-state index contributed by atoms with van der Waals surface area (Å²) in [6.07, 6.45) is 0.526. The summed E-state index contributed by atoms with van der Waals surface area (Å²) in [7, 11) is 0. The van der Waals surface area contributed by atoms with Crippen LogP contribution in [-0.4, -0.2) is 12.2 Å². The van der Waals surface area contributed by atoms with Crippen LogP contribution in [0.3, 0.4) is 0 Å². The second-order valence-corrected chi connectivity index (χ2v) is 3.82. The van der Waals surface area contributed by atoms with Crippen molar-refractivity contribution in [2.75, 3.05) is 0 Å². The topological polar surface area (TPSA) is 59.6 Å². The van der Waals surface area contributed by atoms with Gasteiger partial charge in [0.25, 0.3) is 0 Å². The smallest absolute Gasteiger partial charge is 0.227 e. The van der Waals surface area contributed by atoms with Crippen molar-refractivity contribution in [3.05, 3.63) is 47.4 Å². The predicted molar refractivity (Wildman–Crippen MR) is 63.7 cm³/mol. The molecule has 1 unspecified atom stereocenters.